The molecule has 0 unspecified atom stereocenters. The molecule has 2 aromatic rings. The van der Waals surface area contributed by atoms with Gasteiger partial charge >= 0.3 is 0 Å². The molecule has 6 heteroatoms. The van der Waals surface area contributed by atoms with Gasteiger partial charge in [0.1, 0.15) is 0 Å². The number of rotatable bonds is 7. The maximum atomic E-state index is 9.05. The Morgan fingerprint density at radius 3 is 2.71 bits per heavy atom. The van der Waals surface area contributed by atoms with Crippen molar-refractivity contribution in [2.24, 2.45) is 0 Å². The molecule has 2 rings (SSSR count). The molecular formula is C15H25N5O. The summed E-state index contributed by atoms with van der Waals surface area (Å²) in [4.78, 5) is 0. The van der Waals surface area contributed by atoms with Crippen molar-refractivity contribution in [2.45, 2.75) is 52.9 Å². The van der Waals surface area contributed by atoms with Crippen molar-refractivity contribution in [3.63, 3.8) is 0 Å². The normalized spacial score (nSPS) is 14.3. The minimum atomic E-state index is 0.113. The number of hydrogen-bond donors (Lipinski definition) is 2. The highest BCUT2D eigenvalue weighted by Crippen LogP contribution is 2.15. The van der Waals surface area contributed by atoms with Gasteiger partial charge in [-0.1, -0.05) is 0 Å². The Morgan fingerprint density at radius 2 is 2.10 bits per heavy atom. The molecule has 0 bridgehead atoms. The minimum absolute atomic E-state index is 0.113. The van der Waals surface area contributed by atoms with Crippen LogP contribution in [0.4, 0.5) is 0 Å². The van der Waals surface area contributed by atoms with Crippen LogP contribution < -0.4 is 5.32 Å². The maximum absolute atomic E-state index is 9.05. The quantitative estimate of drug-likeness (QED) is 0.810. The van der Waals surface area contributed by atoms with Crippen LogP contribution in [0.3, 0.4) is 0 Å². The molecule has 0 radical (unpaired) electrons. The third-order valence-corrected chi connectivity index (χ3v) is 4.11. The lowest BCUT2D eigenvalue weighted by Crippen LogP contribution is -2.33. The van der Waals surface area contributed by atoms with Crippen molar-refractivity contribution in [3.05, 3.63) is 35.4 Å². The molecule has 0 fully saturated rings. The Morgan fingerprint density at radius 1 is 1.33 bits per heavy atom. The summed E-state index contributed by atoms with van der Waals surface area (Å²) >= 11 is 0. The average Bonchev–Trinajstić information content (AvgIpc) is 3.07. The van der Waals surface area contributed by atoms with E-state index in [1.54, 1.807) is 6.20 Å². The molecule has 21 heavy (non-hydrogen) atoms. The summed E-state index contributed by atoms with van der Waals surface area (Å²) in [6.07, 6.45) is 3.79. The van der Waals surface area contributed by atoms with Gasteiger partial charge in [-0.2, -0.15) is 10.2 Å². The van der Waals surface area contributed by atoms with Crippen LogP contribution in [0.25, 0.3) is 0 Å². The predicted molar refractivity (Wildman–Crippen MR) is 82.0 cm³/mol. The van der Waals surface area contributed by atoms with Gasteiger partial charge in [0.05, 0.1) is 24.9 Å². The van der Waals surface area contributed by atoms with Crippen LogP contribution in [0, 0.1) is 13.8 Å². The van der Waals surface area contributed by atoms with Crippen LogP contribution in [0.1, 0.15) is 36.8 Å². The number of nitrogens with one attached hydrogen (secondary N) is 1. The van der Waals surface area contributed by atoms with Crippen LogP contribution >= 0.6 is 0 Å². The smallest absolute Gasteiger partial charge is 0.0644 e. The molecule has 6 nitrogen and oxygen atoms in total. The zero-order valence-corrected chi connectivity index (χ0v) is 13.2. The summed E-state index contributed by atoms with van der Waals surface area (Å²) in [6, 6.07) is 2.52. The fraction of sp³-hybridized carbons (Fsp3) is 0.600. The van der Waals surface area contributed by atoms with Gasteiger partial charge in [-0.05, 0) is 33.8 Å². The fourth-order valence-electron chi connectivity index (χ4n) is 2.49. The molecule has 0 aliphatic heterocycles. The second-order valence-corrected chi connectivity index (χ2v) is 5.49. The molecule has 0 saturated carbocycles. The highest BCUT2D eigenvalue weighted by Gasteiger charge is 2.16. The summed E-state index contributed by atoms with van der Waals surface area (Å²) in [6.45, 7) is 9.81. The maximum Gasteiger partial charge on any atom is 0.0644 e. The summed E-state index contributed by atoms with van der Waals surface area (Å²) in [5.41, 5.74) is 3.35. The number of aliphatic hydroxyl groups excluding tert-OH is 1. The first-order chi connectivity index (χ1) is 10.0. The largest absolute Gasteiger partial charge is 0.394 e. The van der Waals surface area contributed by atoms with Gasteiger partial charge in [0, 0.05) is 36.2 Å². The average molecular weight is 291 g/mol. The molecule has 0 aromatic carbocycles. The number of nitrogens with zero attached hydrogens (tertiary/aromatic N) is 4. The SMILES string of the molecule is Cc1nn(CCO)c(C)c1CN[C@H](C)[C@H](C)n1cccn1. The molecular weight excluding hydrogens is 266 g/mol. The first kappa shape index (κ1) is 15.7. The number of aliphatic hydroxyl groups is 1. The van der Waals surface area contributed by atoms with Gasteiger partial charge in [0.2, 0.25) is 0 Å². The van der Waals surface area contributed by atoms with E-state index in [1.165, 1.54) is 5.56 Å². The summed E-state index contributed by atoms with van der Waals surface area (Å²) in [5.74, 6) is 0. The lowest BCUT2D eigenvalue weighted by atomic mass is 10.1. The van der Waals surface area contributed by atoms with E-state index >= 15 is 0 Å². The first-order valence-electron chi connectivity index (χ1n) is 7.40. The molecule has 0 amide bonds. The molecule has 2 heterocycles. The lowest BCUT2D eigenvalue weighted by molar-refractivity contribution is 0.267. The Balaban J connectivity index is 1.99. The van der Waals surface area contributed by atoms with E-state index in [-0.39, 0.29) is 12.6 Å². The van der Waals surface area contributed by atoms with Crippen LogP contribution in [0.15, 0.2) is 18.5 Å². The van der Waals surface area contributed by atoms with E-state index in [9.17, 15) is 0 Å². The monoisotopic (exact) mass is 291 g/mol. The van der Waals surface area contributed by atoms with E-state index in [0.717, 1.165) is 17.9 Å². The van der Waals surface area contributed by atoms with Crippen LogP contribution in [0.2, 0.25) is 0 Å². The molecule has 0 saturated heterocycles. The summed E-state index contributed by atoms with van der Waals surface area (Å²) in [5, 5.41) is 21.4. The van der Waals surface area contributed by atoms with E-state index < -0.39 is 0 Å². The summed E-state index contributed by atoms with van der Waals surface area (Å²) < 4.78 is 3.83. The van der Waals surface area contributed by atoms with Crippen molar-refractivity contribution in [2.75, 3.05) is 6.61 Å². The van der Waals surface area contributed by atoms with Crippen molar-refractivity contribution in [1.82, 2.24) is 24.9 Å². The van der Waals surface area contributed by atoms with E-state index in [0.29, 0.717) is 12.6 Å². The van der Waals surface area contributed by atoms with Crippen molar-refractivity contribution in [3.8, 4) is 0 Å². The number of hydrogen-bond acceptors (Lipinski definition) is 4. The Labute approximate surface area is 125 Å². The van der Waals surface area contributed by atoms with Gasteiger partial charge in [0.25, 0.3) is 0 Å². The molecule has 116 valence electrons. The molecule has 0 spiro atoms. The molecule has 0 aliphatic rings. The third kappa shape index (κ3) is 3.51. The Hall–Kier alpha value is -1.66. The fourth-order valence-corrected chi connectivity index (χ4v) is 2.49. The third-order valence-electron chi connectivity index (χ3n) is 4.11. The lowest BCUT2D eigenvalue weighted by Gasteiger charge is -2.22. The second-order valence-electron chi connectivity index (χ2n) is 5.49. The van der Waals surface area contributed by atoms with Gasteiger partial charge < -0.3 is 10.4 Å². The van der Waals surface area contributed by atoms with Crippen molar-refractivity contribution >= 4 is 0 Å². The Kier molecular flexibility index (Phi) is 5.14. The second kappa shape index (κ2) is 6.87. The number of aryl methyl sites for hydroxylation is 1. The van der Waals surface area contributed by atoms with Gasteiger partial charge in [-0.25, -0.2) is 0 Å². The van der Waals surface area contributed by atoms with E-state index in [2.05, 4.69) is 29.4 Å². The summed E-state index contributed by atoms with van der Waals surface area (Å²) in [7, 11) is 0. The van der Waals surface area contributed by atoms with Crippen molar-refractivity contribution in [1.29, 1.82) is 0 Å². The van der Waals surface area contributed by atoms with Gasteiger partial charge in [0.15, 0.2) is 0 Å². The molecule has 0 aliphatic carbocycles. The highest BCUT2D eigenvalue weighted by atomic mass is 16.3. The van der Waals surface area contributed by atoms with Crippen LogP contribution in [-0.4, -0.2) is 37.3 Å². The first-order valence-corrected chi connectivity index (χ1v) is 7.40. The zero-order chi connectivity index (χ0) is 15.4. The topological polar surface area (TPSA) is 67.9 Å². The predicted octanol–water partition coefficient (Wildman–Crippen LogP) is 1.43. The van der Waals surface area contributed by atoms with Crippen LogP contribution in [0.5, 0.6) is 0 Å². The van der Waals surface area contributed by atoms with Gasteiger partial charge in [-0.15, -0.1) is 0 Å². The number of aromatic nitrogens is 4. The molecule has 2 aromatic heterocycles. The molecule has 2 atom stereocenters. The highest BCUT2D eigenvalue weighted by molar-refractivity contribution is 5.24. The standard InChI is InChI=1S/C15H25N5O/c1-11(13(3)19-7-5-6-17-19)16-10-15-12(2)18-20(8-9-21)14(15)4/h5-7,11,13,16,21H,8-10H2,1-4H3/t11-,13+/m1/s1. The van der Waals surface area contributed by atoms with Crippen LogP contribution in [-0.2, 0) is 13.1 Å². The molecule has 2 N–H and O–H groups in total. The van der Waals surface area contributed by atoms with E-state index in [1.807, 2.05) is 35.5 Å². The van der Waals surface area contributed by atoms with E-state index in [4.69, 9.17) is 5.11 Å². The van der Waals surface area contributed by atoms with Crippen molar-refractivity contribution < 1.29 is 5.11 Å². The Bertz CT molecular complexity index is 561. The zero-order valence-electron chi connectivity index (χ0n) is 13.2. The minimum Gasteiger partial charge on any atom is -0.394 e. The van der Waals surface area contributed by atoms with Gasteiger partial charge in [-0.3, -0.25) is 9.36 Å².